The van der Waals surface area contributed by atoms with Crippen molar-refractivity contribution in [1.82, 2.24) is 4.90 Å². The molecule has 1 aromatic carbocycles. The standard InChI is InChI=1S/C14H23FN2/c1-5-14(2,17(3)4)13(16)10-11-6-8-12(15)9-7-11/h6-9,13H,5,10,16H2,1-4H3. The van der Waals surface area contributed by atoms with Gasteiger partial charge in [-0.1, -0.05) is 19.1 Å². The molecule has 0 amide bonds. The smallest absolute Gasteiger partial charge is 0.123 e. The number of benzene rings is 1. The van der Waals surface area contributed by atoms with E-state index in [-0.39, 0.29) is 17.4 Å². The Morgan fingerprint density at radius 2 is 1.82 bits per heavy atom. The predicted octanol–water partition coefficient (Wildman–Crippen LogP) is 2.43. The summed E-state index contributed by atoms with van der Waals surface area (Å²) in [5.74, 6) is -0.201. The lowest BCUT2D eigenvalue weighted by atomic mass is 9.85. The summed E-state index contributed by atoms with van der Waals surface area (Å²) in [7, 11) is 4.10. The molecular weight excluding hydrogens is 215 g/mol. The molecule has 17 heavy (non-hydrogen) atoms. The molecule has 0 heterocycles. The molecule has 0 aliphatic heterocycles. The van der Waals surface area contributed by atoms with Gasteiger partial charge in [-0.2, -0.15) is 0 Å². The number of nitrogens with two attached hydrogens (primary N) is 1. The average Bonchev–Trinajstić information content (AvgIpc) is 2.30. The van der Waals surface area contributed by atoms with E-state index in [0.29, 0.717) is 0 Å². The number of hydrogen-bond donors (Lipinski definition) is 1. The monoisotopic (exact) mass is 238 g/mol. The van der Waals surface area contributed by atoms with Crippen LogP contribution in [0.15, 0.2) is 24.3 Å². The van der Waals surface area contributed by atoms with Crippen molar-refractivity contribution in [1.29, 1.82) is 0 Å². The molecule has 2 atom stereocenters. The van der Waals surface area contributed by atoms with Crippen molar-refractivity contribution in [3.63, 3.8) is 0 Å². The summed E-state index contributed by atoms with van der Waals surface area (Å²) in [5.41, 5.74) is 7.35. The fraction of sp³-hybridized carbons (Fsp3) is 0.571. The fourth-order valence-electron chi connectivity index (χ4n) is 2.00. The van der Waals surface area contributed by atoms with Gasteiger partial charge in [0, 0.05) is 11.6 Å². The number of hydrogen-bond acceptors (Lipinski definition) is 2. The van der Waals surface area contributed by atoms with Crippen LogP contribution in [0.2, 0.25) is 0 Å². The molecule has 0 radical (unpaired) electrons. The van der Waals surface area contributed by atoms with Crippen LogP contribution in [-0.4, -0.2) is 30.6 Å². The Labute approximate surface area is 104 Å². The molecule has 0 aromatic heterocycles. The summed E-state index contributed by atoms with van der Waals surface area (Å²) >= 11 is 0. The minimum absolute atomic E-state index is 0.0333. The third kappa shape index (κ3) is 3.27. The molecule has 0 saturated carbocycles. The fourth-order valence-corrected chi connectivity index (χ4v) is 2.00. The highest BCUT2D eigenvalue weighted by Crippen LogP contribution is 2.22. The molecule has 2 unspecified atom stereocenters. The summed E-state index contributed by atoms with van der Waals surface area (Å²) in [4.78, 5) is 2.17. The number of likely N-dealkylation sites (N-methyl/N-ethyl adjacent to an activating group) is 1. The van der Waals surface area contributed by atoms with Crippen molar-refractivity contribution in [3.8, 4) is 0 Å². The van der Waals surface area contributed by atoms with Gasteiger partial charge in [-0.25, -0.2) is 4.39 Å². The summed E-state index contributed by atoms with van der Waals surface area (Å²) in [5, 5.41) is 0. The highest BCUT2D eigenvalue weighted by Gasteiger charge is 2.31. The quantitative estimate of drug-likeness (QED) is 0.853. The third-order valence-electron chi connectivity index (χ3n) is 3.91. The van der Waals surface area contributed by atoms with E-state index in [9.17, 15) is 4.39 Å². The number of rotatable bonds is 5. The zero-order valence-electron chi connectivity index (χ0n) is 11.2. The molecule has 0 aliphatic carbocycles. The number of halogens is 1. The highest BCUT2D eigenvalue weighted by molar-refractivity contribution is 5.18. The average molecular weight is 238 g/mol. The van der Waals surface area contributed by atoms with Crippen LogP contribution in [0.5, 0.6) is 0 Å². The lowest BCUT2D eigenvalue weighted by Gasteiger charge is -2.41. The lowest BCUT2D eigenvalue weighted by molar-refractivity contribution is 0.131. The molecule has 0 spiro atoms. The normalized spacial score (nSPS) is 16.9. The van der Waals surface area contributed by atoms with E-state index in [1.807, 2.05) is 14.1 Å². The Morgan fingerprint density at radius 3 is 2.24 bits per heavy atom. The van der Waals surface area contributed by atoms with Crippen molar-refractivity contribution in [2.75, 3.05) is 14.1 Å². The van der Waals surface area contributed by atoms with E-state index in [1.165, 1.54) is 12.1 Å². The molecule has 3 heteroatoms. The van der Waals surface area contributed by atoms with Gasteiger partial charge in [0.15, 0.2) is 0 Å². The van der Waals surface area contributed by atoms with E-state index >= 15 is 0 Å². The van der Waals surface area contributed by atoms with Gasteiger partial charge >= 0.3 is 0 Å². The SMILES string of the molecule is CCC(C)(C(N)Cc1ccc(F)cc1)N(C)C. The van der Waals surface area contributed by atoms with E-state index in [2.05, 4.69) is 18.7 Å². The van der Waals surface area contributed by atoms with Crippen LogP contribution in [0.25, 0.3) is 0 Å². The molecule has 1 aromatic rings. The number of nitrogens with zero attached hydrogens (tertiary/aromatic N) is 1. The second kappa shape index (κ2) is 5.61. The summed E-state index contributed by atoms with van der Waals surface area (Å²) in [6, 6.07) is 6.62. The topological polar surface area (TPSA) is 29.3 Å². The molecule has 0 aliphatic rings. The maximum absolute atomic E-state index is 12.8. The summed E-state index contributed by atoms with van der Waals surface area (Å²) in [6.45, 7) is 4.31. The Balaban J connectivity index is 2.77. The van der Waals surface area contributed by atoms with Crippen molar-refractivity contribution < 1.29 is 4.39 Å². The van der Waals surface area contributed by atoms with E-state index in [0.717, 1.165) is 18.4 Å². The Morgan fingerprint density at radius 1 is 1.29 bits per heavy atom. The first-order chi connectivity index (χ1) is 7.90. The van der Waals surface area contributed by atoms with Gasteiger partial charge in [0.1, 0.15) is 5.82 Å². The molecule has 0 fully saturated rings. The zero-order valence-corrected chi connectivity index (χ0v) is 11.2. The van der Waals surface area contributed by atoms with Crippen LogP contribution >= 0.6 is 0 Å². The van der Waals surface area contributed by atoms with Gasteiger partial charge in [0.25, 0.3) is 0 Å². The molecule has 0 bridgehead atoms. The van der Waals surface area contributed by atoms with Crippen molar-refractivity contribution in [3.05, 3.63) is 35.6 Å². The van der Waals surface area contributed by atoms with Gasteiger partial charge in [0.05, 0.1) is 0 Å². The van der Waals surface area contributed by atoms with Gasteiger partial charge in [-0.05, 0) is 51.6 Å². The maximum atomic E-state index is 12.8. The van der Waals surface area contributed by atoms with Crippen LogP contribution in [0.1, 0.15) is 25.8 Å². The molecule has 2 N–H and O–H groups in total. The van der Waals surface area contributed by atoms with Crippen molar-refractivity contribution in [2.45, 2.75) is 38.3 Å². The van der Waals surface area contributed by atoms with Gasteiger partial charge in [-0.3, -0.25) is 0 Å². The second-order valence-electron chi connectivity index (χ2n) is 5.04. The predicted molar refractivity (Wildman–Crippen MR) is 70.5 cm³/mol. The Hall–Kier alpha value is -0.930. The first-order valence-electron chi connectivity index (χ1n) is 6.07. The minimum atomic E-state index is -0.201. The first kappa shape index (κ1) is 14.1. The largest absolute Gasteiger partial charge is 0.326 e. The molecule has 2 nitrogen and oxygen atoms in total. The summed E-state index contributed by atoms with van der Waals surface area (Å²) < 4.78 is 12.8. The van der Waals surface area contributed by atoms with E-state index in [4.69, 9.17) is 5.73 Å². The van der Waals surface area contributed by atoms with Crippen LogP contribution in [0.3, 0.4) is 0 Å². The lowest BCUT2D eigenvalue weighted by Crippen LogP contribution is -2.55. The minimum Gasteiger partial charge on any atom is -0.326 e. The molecule has 0 saturated heterocycles. The van der Waals surface area contributed by atoms with E-state index in [1.54, 1.807) is 12.1 Å². The van der Waals surface area contributed by atoms with Crippen LogP contribution in [0, 0.1) is 5.82 Å². The van der Waals surface area contributed by atoms with Crippen LogP contribution in [-0.2, 0) is 6.42 Å². The van der Waals surface area contributed by atoms with Crippen molar-refractivity contribution in [2.24, 2.45) is 5.73 Å². The van der Waals surface area contributed by atoms with E-state index < -0.39 is 0 Å². The molecule has 96 valence electrons. The van der Waals surface area contributed by atoms with Crippen LogP contribution in [0.4, 0.5) is 4.39 Å². The zero-order chi connectivity index (χ0) is 13.1. The third-order valence-corrected chi connectivity index (χ3v) is 3.91. The van der Waals surface area contributed by atoms with Gasteiger partial charge in [0.2, 0.25) is 0 Å². The molecule has 1 rings (SSSR count). The highest BCUT2D eigenvalue weighted by atomic mass is 19.1. The Bertz CT molecular complexity index is 348. The summed E-state index contributed by atoms with van der Waals surface area (Å²) in [6.07, 6.45) is 1.76. The first-order valence-corrected chi connectivity index (χ1v) is 6.07. The molecular formula is C14H23FN2. The Kier molecular flexibility index (Phi) is 4.66. The van der Waals surface area contributed by atoms with Crippen LogP contribution < -0.4 is 5.73 Å². The van der Waals surface area contributed by atoms with Gasteiger partial charge in [-0.15, -0.1) is 0 Å². The second-order valence-corrected chi connectivity index (χ2v) is 5.04. The van der Waals surface area contributed by atoms with Crippen molar-refractivity contribution >= 4 is 0 Å². The maximum Gasteiger partial charge on any atom is 0.123 e. The van der Waals surface area contributed by atoms with Gasteiger partial charge < -0.3 is 10.6 Å².